The topological polar surface area (TPSA) is 107 Å². The van der Waals surface area contributed by atoms with Gasteiger partial charge in [-0.1, -0.05) is 18.2 Å². The molecule has 0 radical (unpaired) electrons. The lowest BCUT2D eigenvalue weighted by Gasteiger charge is -2.27. The number of carbonyl (C=O) groups excluding carboxylic acids is 1. The van der Waals surface area contributed by atoms with Gasteiger partial charge in [-0.2, -0.15) is 5.10 Å². The molecular formula is C25H27N3O6S. The standard InChI is InChI=1S/C25H27N3O6S/c1-18(25(29)27-26-17-19-10-13-23(32-2)16-24(19)33-3)28(35(4,30)31)20-11-14-22(15-12-20)34-21-8-6-5-7-9-21/h5-18H,1-4H3,(H,27,29)/b26-17-/t18-/m1/s1. The van der Waals surface area contributed by atoms with E-state index in [1.54, 1.807) is 49.6 Å². The predicted octanol–water partition coefficient (Wildman–Crippen LogP) is 3.80. The Morgan fingerprint density at radius 3 is 2.17 bits per heavy atom. The first-order valence-corrected chi connectivity index (χ1v) is 12.4. The zero-order chi connectivity index (χ0) is 25.4. The molecule has 0 aliphatic heterocycles. The number of para-hydroxylation sites is 1. The molecule has 35 heavy (non-hydrogen) atoms. The van der Waals surface area contributed by atoms with Crippen molar-refractivity contribution < 1.29 is 27.4 Å². The van der Waals surface area contributed by atoms with E-state index in [4.69, 9.17) is 14.2 Å². The lowest BCUT2D eigenvalue weighted by Crippen LogP contribution is -2.46. The summed E-state index contributed by atoms with van der Waals surface area (Å²) in [4.78, 5) is 12.8. The van der Waals surface area contributed by atoms with E-state index in [2.05, 4.69) is 10.5 Å². The molecule has 0 aromatic heterocycles. The fraction of sp³-hybridized carbons (Fsp3) is 0.200. The number of sulfonamides is 1. The van der Waals surface area contributed by atoms with Crippen molar-refractivity contribution in [2.45, 2.75) is 13.0 Å². The third-order valence-electron chi connectivity index (χ3n) is 4.98. The molecule has 184 valence electrons. The van der Waals surface area contributed by atoms with Crippen molar-refractivity contribution in [2.24, 2.45) is 5.10 Å². The lowest BCUT2D eigenvalue weighted by atomic mass is 10.2. The van der Waals surface area contributed by atoms with Gasteiger partial charge in [-0.05, 0) is 55.5 Å². The molecule has 0 heterocycles. The molecular weight excluding hydrogens is 470 g/mol. The van der Waals surface area contributed by atoms with Crippen molar-refractivity contribution in [3.05, 3.63) is 78.4 Å². The second-order valence-electron chi connectivity index (χ2n) is 7.49. The van der Waals surface area contributed by atoms with Crippen LogP contribution in [0.2, 0.25) is 0 Å². The van der Waals surface area contributed by atoms with E-state index in [0.29, 0.717) is 34.2 Å². The van der Waals surface area contributed by atoms with Crippen LogP contribution in [0.3, 0.4) is 0 Å². The van der Waals surface area contributed by atoms with Gasteiger partial charge in [0.25, 0.3) is 5.91 Å². The highest BCUT2D eigenvalue weighted by Gasteiger charge is 2.29. The molecule has 0 saturated carbocycles. The first kappa shape index (κ1) is 25.6. The predicted molar refractivity (Wildman–Crippen MR) is 135 cm³/mol. The van der Waals surface area contributed by atoms with Gasteiger partial charge in [0.1, 0.15) is 29.0 Å². The molecule has 0 aliphatic carbocycles. The normalized spacial score (nSPS) is 12.1. The number of anilines is 1. The molecule has 0 saturated heterocycles. The van der Waals surface area contributed by atoms with Crippen LogP contribution in [0.1, 0.15) is 12.5 Å². The first-order valence-electron chi connectivity index (χ1n) is 10.6. The van der Waals surface area contributed by atoms with E-state index < -0.39 is 22.0 Å². The minimum atomic E-state index is -3.78. The SMILES string of the molecule is COc1ccc(/C=N\NC(=O)[C@@H](C)N(c2ccc(Oc3ccccc3)cc2)S(C)(=O)=O)c(OC)c1. The first-order chi connectivity index (χ1) is 16.7. The number of hydrazone groups is 1. The van der Waals surface area contributed by atoms with Crippen LogP contribution in [0.15, 0.2) is 77.9 Å². The average molecular weight is 498 g/mol. The molecule has 3 rings (SSSR count). The number of methoxy groups -OCH3 is 2. The van der Waals surface area contributed by atoms with Crippen molar-refractivity contribution in [1.82, 2.24) is 5.43 Å². The summed E-state index contributed by atoms with van der Waals surface area (Å²) in [6.07, 6.45) is 2.44. The van der Waals surface area contributed by atoms with Crippen molar-refractivity contribution in [1.29, 1.82) is 0 Å². The van der Waals surface area contributed by atoms with Crippen molar-refractivity contribution in [3.63, 3.8) is 0 Å². The number of carbonyl (C=O) groups is 1. The highest BCUT2D eigenvalue weighted by atomic mass is 32.2. The van der Waals surface area contributed by atoms with Crippen LogP contribution in [-0.4, -0.2) is 47.1 Å². The van der Waals surface area contributed by atoms with Crippen LogP contribution < -0.4 is 23.9 Å². The van der Waals surface area contributed by atoms with Crippen molar-refractivity contribution in [2.75, 3.05) is 24.8 Å². The van der Waals surface area contributed by atoms with Crippen molar-refractivity contribution >= 4 is 27.8 Å². The summed E-state index contributed by atoms with van der Waals surface area (Å²) in [7, 11) is -0.734. The number of nitrogens with zero attached hydrogens (tertiary/aromatic N) is 2. The molecule has 0 unspecified atom stereocenters. The highest BCUT2D eigenvalue weighted by molar-refractivity contribution is 7.92. The minimum Gasteiger partial charge on any atom is -0.497 e. The molecule has 3 aromatic carbocycles. The van der Waals surface area contributed by atoms with E-state index in [9.17, 15) is 13.2 Å². The van der Waals surface area contributed by atoms with Gasteiger partial charge in [0.15, 0.2) is 0 Å². The summed E-state index contributed by atoms with van der Waals surface area (Å²) >= 11 is 0. The number of rotatable bonds is 10. The minimum absolute atomic E-state index is 0.316. The number of amides is 1. The molecule has 0 aliphatic rings. The summed E-state index contributed by atoms with van der Waals surface area (Å²) in [6.45, 7) is 1.48. The monoisotopic (exact) mass is 497 g/mol. The van der Waals surface area contributed by atoms with Crippen LogP contribution in [-0.2, 0) is 14.8 Å². The van der Waals surface area contributed by atoms with E-state index in [0.717, 1.165) is 10.6 Å². The van der Waals surface area contributed by atoms with Crippen LogP contribution in [0.25, 0.3) is 0 Å². The Labute approximate surface area is 205 Å². The molecule has 1 atom stereocenters. The van der Waals surface area contributed by atoms with Gasteiger partial charge in [-0.15, -0.1) is 0 Å². The van der Waals surface area contributed by atoms with Gasteiger partial charge in [-0.25, -0.2) is 13.8 Å². The Balaban J connectivity index is 1.73. The second-order valence-corrected chi connectivity index (χ2v) is 9.35. The molecule has 9 nitrogen and oxygen atoms in total. The average Bonchev–Trinajstić information content (AvgIpc) is 2.85. The number of nitrogens with one attached hydrogen (secondary N) is 1. The maximum Gasteiger partial charge on any atom is 0.263 e. The summed E-state index contributed by atoms with van der Waals surface area (Å²) in [6, 6.07) is 19.7. The Morgan fingerprint density at radius 1 is 0.943 bits per heavy atom. The number of hydrogen-bond donors (Lipinski definition) is 1. The fourth-order valence-electron chi connectivity index (χ4n) is 3.28. The molecule has 1 N–H and O–H groups in total. The quantitative estimate of drug-likeness (QED) is 0.337. The smallest absolute Gasteiger partial charge is 0.263 e. The number of benzene rings is 3. The van der Waals surface area contributed by atoms with E-state index >= 15 is 0 Å². The molecule has 3 aromatic rings. The van der Waals surface area contributed by atoms with Crippen LogP contribution in [0.5, 0.6) is 23.0 Å². The maximum absolute atomic E-state index is 12.8. The van der Waals surface area contributed by atoms with Gasteiger partial charge in [0, 0.05) is 11.6 Å². The van der Waals surface area contributed by atoms with Gasteiger partial charge in [0.2, 0.25) is 10.0 Å². The molecule has 0 fully saturated rings. The zero-order valence-corrected chi connectivity index (χ0v) is 20.7. The van der Waals surface area contributed by atoms with Crippen LogP contribution in [0.4, 0.5) is 5.69 Å². The maximum atomic E-state index is 12.8. The van der Waals surface area contributed by atoms with Crippen LogP contribution in [0, 0.1) is 0 Å². The fourth-order valence-corrected chi connectivity index (χ4v) is 4.45. The summed E-state index contributed by atoms with van der Waals surface area (Å²) in [5, 5.41) is 3.96. The molecule has 10 heteroatoms. The zero-order valence-electron chi connectivity index (χ0n) is 19.8. The number of ether oxygens (including phenoxy) is 3. The third kappa shape index (κ3) is 6.73. The summed E-state index contributed by atoms with van der Waals surface area (Å²) in [5.41, 5.74) is 3.31. The Morgan fingerprint density at radius 2 is 1.57 bits per heavy atom. The van der Waals surface area contributed by atoms with Gasteiger partial charge < -0.3 is 14.2 Å². The second kappa shape index (κ2) is 11.4. The molecule has 0 bridgehead atoms. The highest BCUT2D eigenvalue weighted by Crippen LogP contribution is 2.27. The van der Waals surface area contributed by atoms with Gasteiger partial charge in [0.05, 0.1) is 32.4 Å². The van der Waals surface area contributed by atoms with E-state index in [1.165, 1.54) is 20.2 Å². The molecule has 0 spiro atoms. The molecule has 1 amide bonds. The Hall–Kier alpha value is -4.05. The largest absolute Gasteiger partial charge is 0.497 e. The third-order valence-corrected chi connectivity index (χ3v) is 6.22. The van der Waals surface area contributed by atoms with Crippen molar-refractivity contribution in [3.8, 4) is 23.0 Å². The number of hydrogen-bond acceptors (Lipinski definition) is 7. The van der Waals surface area contributed by atoms with E-state index in [-0.39, 0.29) is 0 Å². The van der Waals surface area contributed by atoms with E-state index in [1.807, 2.05) is 30.3 Å². The Kier molecular flexibility index (Phi) is 8.32. The summed E-state index contributed by atoms with van der Waals surface area (Å²) in [5.74, 6) is 1.69. The lowest BCUT2D eigenvalue weighted by molar-refractivity contribution is -0.121. The van der Waals surface area contributed by atoms with Crippen LogP contribution >= 0.6 is 0 Å². The Bertz CT molecular complexity index is 1280. The van der Waals surface area contributed by atoms with Gasteiger partial charge >= 0.3 is 0 Å². The van der Waals surface area contributed by atoms with Gasteiger partial charge in [-0.3, -0.25) is 9.10 Å². The summed E-state index contributed by atoms with van der Waals surface area (Å²) < 4.78 is 42.3.